The summed E-state index contributed by atoms with van der Waals surface area (Å²) in [6.07, 6.45) is 7.64. The van der Waals surface area contributed by atoms with Crippen molar-refractivity contribution >= 4 is 17.4 Å². The largest absolute Gasteiger partial charge is 0.316 e. The molecule has 0 radical (unpaired) electrons. The second kappa shape index (κ2) is 2.58. The third-order valence-electron chi connectivity index (χ3n) is 1.64. The van der Waals surface area contributed by atoms with Crippen molar-refractivity contribution in [2.24, 2.45) is 0 Å². The number of halogens is 1. The van der Waals surface area contributed by atoms with Crippen LogP contribution in [-0.2, 0) is 6.54 Å². The summed E-state index contributed by atoms with van der Waals surface area (Å²) in [7, 11) is 0. The van der Waals surface area contributed by atoms with Gasteiger partial charge in [-0.25, -0.2) is 4.98 Å². The van der Waals surface area contributed by atoms with E-state index in [4.69, 9.17) is 11.6 Å². The Kier molecular flexibility index (Phi) is 1.58. The van der Waals surface area contributed by atoms with Crippen LogP contribution in [-0.4, -0.2) is 19.8 Å². The van der Waals surface area contributed by atoms with Crippen LogP contribution in [0.25, 0.3) is 5.78 Å². The molecular formula is C7H8ClN3. The van der Waals surface area contributed by atoms with E-state index in [1.54, 1.807) is 6.20 Å². The molecule has 58 valence electrons. The maximum atomic E-state index is 5.60. The fourth-order valence-corrected chi connectivity index (χ4v) is 1.31. The third-order valence-corrected chi connectivity index (χ3v) is 1.81. The maximum absolute atomic E-state index is 5.60. The number of aromatic nitrogens is 3. The molecule has 0 bridgehead atoms. The Hall–Kier alpha value is -0.960. The zero-order valence-corrected chi connectivity index (χ0v) is 6.70. The number of imidazole rings is 2. The number of hydrogen-bond acceptors (Lipinski definition) is 1. The van der Waals surface area contributed by atoms with Crippen LogP contribution in [0.2, 0.25) is 0 Å². The van der Waals surface area contributed by atoms with Crippen LogP contribution in [0.4, 0.5) is 0 Å². The van der Waals surface area contributed by atoms with Gasteiger partial charge in [-0.05, 0) is 0 Å². The van der Waals surface area contributed by atoms with E-state index in [2.05, 4.69) is 4.98 Å². The highest BCUT2D eigenvalue weighted by Gasteiger charge is 1.98. The third kappa shape index (κ3) is 1.01. The van der Waals surface area contributed by atoms with Crippen LogP contribution >= 0.6 is 11.6 Å². The Bertz CT molecular complexity index is 349. The number of hydrogen-bond donors (Lipinski definition) is 0. The molecule has 0 aliphatic carbocycles. The number of alkyl halides is 1. The minimum Gasteiger partial charge on any atom is -0.316 e. The Labute approximate surface area is 69.2 Å². The molecular weight excluding hydrogens is 162 g/mol. The first kappa shape index (κ1) is 6.73. The van der Waals surface area contributed by atoms with Gasteiger partial charge in [-0.3, -0.25) is 4.40 Å². The molecule has 11 heavy (non-hydrogen) atoms. The van der Waals surface area contributed by atoms with Crippen molar-refractivity contribution in [2.45, 2.75) is 6.54 Å². The fourth-order valence-electron chi connectivity index (χ4n) is 1.13. The van der Waals surface area contributed by atoms with Crippen LogP contribution in [0, 0.1) is 0 Å². The molecule has 0 unspecified atom stereocenters. The zero-order chi connectivity index (χ0) is 7.68. The molecule has 0 saturated heterocycles. The summed E-state index contributed by atoms with van der Waals surface area (Å²) in [5, 5.41) is 0. The molecule has 0 aliphatic rings. The fraction of sp³-hybridized carbons (Fsp3) is 0.286. The van der Waals surface area contributed by atoms with Gasteiger partial charge in [0.15, 0.2) is 0 Å². The Balaban J connectivity index is 2.51. The normalized spacial score (nSPS) is 11.0. The lowest BCUT2D eigenvalue weighted by Crippen LogP contribution is -1.97. The minimum atomic E-state index is 0.622. The van der Waals surface area contributed by atoms with E-state index in [0.29, 0.717) is 5.88 Å². The van der Waals surface area contributed by atoms with E-state index >= 15 is 0 Å². The van der Waals surface area contributed by atoms with Crippen molar-refractivity contribution in [3.63, 3.8) is 0 Å². The summed E-state index contributed by atoms with van der Waals surface area (Å²) < 4.78 is 3.99. The van der Waals surface area contributed by atoms with Crippen molar-refractivity contribution in [3.8, 4) is 0 Å². The lowest BCUT2D eigenvalue weighted by Gasteiger charge is -1.95. The molecule has 0 saturated carbocycles. The molecule has 2 aromatic rings. The van der Waals surface area contributed by atoms with Crippen LogP contribution in [0.15, 0.2) is 24.8 Å². The van der Waals surface area contributed by atoms with Crippen LogP contribution in [0.3, 0.4) is 0 Å². The first-order chi connectivity index (χ1) is 5.42. The summed E-state index contributed by atoms with van der Waals surface area (Å²) in [6.45, 7) is 0.815. The molecule has 0 fully saturated rings. The van der Waals surface area contributed by atoms with Crippen LogP contribution in [0.5, 0.6) is 0 Å². The van der Waals surface area contributed by atoms with Gasteiger partial charge in [-0.15, -0.1) is 11.6 Å². The second-order valence-electron chi connectivity index (χ2n) is 2.32. The average Bonchev–Trinajstić information content (AvgIpc) is 2.53. The maximum Gasteiger partial charge on any atom is 0.213 e. The molecule has 0 amide bonds. The van der Waals surface area contributed by atoms with Gasteiger partial charge in [-0.2, -0.15) is 0 Å². The molecule has 2 aromatic heterocycles. The lowest BCUT2D eigenvalue weighted by molar-refractivity contribution is 0.788. The Morgan fingerprint density at radius 1 is 1.36 bits per heavy atom. The van der Waals surface area contributed by atoms with Gasteiger partial charge in [0.1, 0.15) is 0 Å². The van der Waals surface area contributed by atoms with Gasteiger partial charge in [0.25, 0.3) is 0 Å². The highest BCUT2D eigenvalue weighted by atomic mass is 35.5. The Morgan fingerprint density at radius 3 is 3.09 bits per heavy atom. The number of fused-ring (bicyclic) bond motifs is 1. The Morgan fingerprint density at radius 2 is 2.27 bits per heavy atom. The van der Waals surface area contributed by atoms with Gasteiger partial charge in [0.2, 0.25) is 5.78 Å². The topological polar surface area (TPSA) is 22.2 Å². The highest BCUT2D eigenvalue weighted by molar-refractivity contribution is 6.17. The lowest BCUT2D eigenvalue weighted by atomic mass is 10.7. The molecule has 0 aliphatic heterocycles. The molecule has 3 nitrogen and oxygen atoms in total. The number of nitrogens with zero attached hydrogens (tertiary/aromatic N) is 3. The quantitative estimate of drug-likeness (QED) is 0.623. The molecule has 0 N–H and O–H groups in total. The number of aryl methyl sites for hydroxylation is 1. The van der Waals surface area contributed by atoms with E-state index in [9.17, 15) is 0 Å². The standard InChI is InChI=1S/C7H8ClN3/c8-1-3-10-5-6-11-4-2-9-7(10)11/h2,4-6H,1,3H2. The first-order valence-corrected chi connectivity index (χ1v) is 3.99. The van der Waals surface area contributed by atoms with Crippen LogP contribution < -0.4 is 0 Å². The molecule has 0 atom stereocenters. The summed E-state index contributed by atoms with van der Waals surface area (Å²) in [5.74, 6) is 1.57. The predicted molar refractivity (Wildman–Crippen MR) is 43.9 cm³/mol. The summed E-state index contributed by atoms with van der Waals surface area (Å²) >= 11 is 5.60. The van der Waals surface area contributed by atoms with Crippen molar-refractivity contribution in [2.75, 3.05) is 5.88 Å². The van der Waals surface area contributed by atoms with E-state index in [0.717, 1.165) is 12.3 Å². The van der Waals surface area contributed by atoms with Gasteiger partial charge in [-0.1, -0.05) is 0 Å². The van der Waals surface area contributed by atoms with Gasteiger partial charge in [0.05, 0.1) is 0 Å². The molecule has 0 aromatic carbocycles. The minimum absolute atomic E-state index is 0.622. The van der Waals surface area contributed by atoms with Crippen LogP contribution in [0.1, 0.15) is 0 Å². The first-order valence-electron chi connectivity index (χ1n) is 3.45. The van der Waals surface area contributed by atoms with E-state index in [1.807, 2.05) is 27.6 Å². The second-order valence-corrected chi connectivity index (χ2v) is 2.69. The summed E-state index contributed by atoms with van der Waals surface area (Å²) in [5.41, 5.74) is 0. The highest BCUT2D eigenvalue weighted by Crippen LogP contribution is 2.02. The van der Waals surface area contributed by atoms with Gasteiger partial charge in [0, 0.05) is 37.2 Å². The predicted octanol–water partition coefficient (Wildman–Crippen LogP) is 1.37. The monoisotopic (exact) mass is 169 g/mol. The van der Waals surface area contributed by atoms with E-state index < -0.39 is 0 Å². The average molecular weight is 170 g/mol. The summed E-state index contributed by atoms with van der Waals surface area (Å²) in [4.78, 5) is 4.16. The smallest absolute Gasteiger partial charge is 0.213 e. The van der Waals surface area contributed by atoms with E-state index in [-0.39, 0.29) is 0 Å². The zero-order valence-electron chi connectivity index (χ0n) is 5.94. The molecule has 0 spiro atoms. The van der Waals surface area contributed by atoms with Crippen molar-refractivity contribution < 1.29 is 0 Å². The van der Waals surface area contributed by atoms with Crippen molar-refractivity contribution in [3.05, 3.63) is 24.8 Å². The SMILES string of the molecule is ClCCn1ccn2ccnc12. The van der Waals surface area contributed by atoms with E-state index in [1.165, 1.54) is 0 Å². The molecule has 2 rings (SSSR count). The van der Waals surface area contributed by atoms with Gasteiger partial charge < -0.3 is 4.57 Å². The van der Waals surface area contributed by atoms with Crippen molar-refractivity contribution in [1.29, 1.82) is 0 Å². The van der Waals surface area contributed by atoms with Gasteiger partial charge >= 0.3 is 0 Å². The molecule has 2 heterocycles. The number of rotatable bonds is 2. The van der Waals surface area contributed by atoms with Crippen molar-refractivity contribution in [1.82, 2.24) is 14.0 Å². The summed E-state index contributed by atoms with van der Waals surface area (Å²) in [6, 6.07) is 0. The molecule has 4 heteroatoms.